The number of para-hydroxylation sites is 1. The maximum Gasteiger partial charge on any atom is 0.245 e. The van der Waals surface area contributed by atoms with Crippen LogP contribution in [0.2, 0.25) is 0 Å². The Hall–Kier alpha value is -3.12. The van der Waals surface area contributed by atoms with E-state index in [1.54, 1.807) is 11.6 Å². The van der Waals surface area contributed by atoms with Gasteiger partial charge in [-0.2, -0.15) is 5.10 Å². The van der Waals surface area contributed by atoms with Gasteiger partial charge in [-0.15, -0.1) is 11.6 Å². The van der Waals surface area contributed by atoms with Crippen LogP contribution >= 0.6 is 11.6 Å². The summed E-state index contributed by atoms with van der Waals surface area (Å²) in [6.45, 7) is 8.00. The highest BCUT2D eigenvalue weighted by molar-refractivity contribution is 6.30. The van der Waals surface area contributed by atoms with Crippen LogP contribution in [0.1, 0.15) is 39.0 Å². The normalized spacial score (nSPS) is 12.3. The first kappa shape index (κ1) is 23.5. The summed E-state index contributed by atoms with van der Waals surface area (Å²) in [4.78, 5) is 27.1. The molecule has 2 amide bonds. The van der Waals surface area contributed by atoms with E-state index < -0.39 is 5.38 Å². The zero-order valence-corrected chi connectivity index (χ0v) is 19.6. The van der Waals surface area contributed by atoms with E-state index in [4.69, 9.17) is 16.7 Å². The van der Waals surface area contributed by atoms with Crippen molar-refractivity contribution in [2.75, 3.05) is 11.9 Å². The maximum atomic E-state index is 13.0. The Labute approximate surface area is 194 Å². The summed E-state index contributed by atoms with van der Waals surface area (Å²) in [6.07, 6.45) is 0. The number of carbonyl (C=O) groups excluding carboxylic acids is 2. The zero-order valence-electron chi connectivity index (χ0n) is 18.9. The molecule has 0 spiro atoms. The molecule has 168 valence electrons. The van der Waals surface area contributed by atoms with Crippen LogP contribution in [0.15, 0.2) is 66.7 Å². The van der Waals surface area contributed by atoms with Crippen LogP contribution in [0.4, 0.5) is 5.82 Å². The molecule has 1 unspecified atom stereocenters. The van der Waals surface area contributed by atoms with E-state index >= 15 is 0 Å². The molecular weight excluding hydrogens is 424 g/mol. The summed E-state index contributed by atoms with van der Waals surface area (Å²) in [7, 11) is 0. The molecule has 0 aliphatic carbocycles. The number of amides is 2. The number of hydrogen-bond donors (Lipinski definition) is 1. The Kier molecular flexibility index (Phi) is 7.36. The van der Waals surface area contributed by atoms with Gasteiger partial charge in [0, 0.05) is 18.0 Å². The fraction of sp³-hybridized carbons (Fsp3) is 0.320. The number of nitrogens with zero attached hydrogens (tertiary/aromatic N) is 3. The quantitative estimate of drug-likeness (QED) is 0.525. The minimum absolute atomic E-state index is 0.115. The Morgan fingerprint density at radius 1 is 1.06 bits per heavy atom. The van der Waals surface area contributed by atoms with Gasteiger partial charge in [0.2, 0.25) is 11.8 Å². The van der Waals surface area contributed by atoms with Gasteiger partial charge in [0.05, 0.1) is 11.4 Å². The number of anilines is 1. The van der Waals surface area contributed by atoms with E-state index in [0.29, 0.717) is 12.4 Å². The molecule has 0 fully saturated rings. The number of nitrogens with one attached hydrogen (secondary N) is 1. The Balaban J connectivity index is 1.84. The average molecular weight is 453 g/mol. The van der Waals surface area contributed by atoms with Gasteiger partial charge in [-0.25, -0.2) is 4.68 Å². The van der Waals surface area contributed by atoms with E-state index in [-0.39, 0.29) is 23.8 Å². The van der Waals surface area contributed by atoms with Crippen LogP contribution in [0.25, 0.3) is 5.69 Å². The summed E-state index contributed by atoms with van der Waals surface area (Å²) in [5.74, 6) is -0.0566. The molecule has 0 radical (unpaired) electrons. The van der Waals surface area contributed by atoms with Gasteiger partial charge in [0.15, 0.2) is 0 Å². The van der Waals surface area contributed by atoms with Crippen LogP contribution < -0.4 is 5.32 Å². The number of alkyl halides is 1. The molecule has 1 N–H and O–H groups in total. The molecule has 7 heteroatoms. The van der Waals surface area contributed by atoms with Crippen LogP contribution in [-0.2, 0) is 21.5 Å². The van der Waals surface area contributed by atoms with Gasteiger partial charge >= 0.3 is 0 Å². The van der Waals surface area contributed by atoms with E-state index in [9.17, 15) is 9.59 Å². The predicted octanol–water partition coefficient (Wildman–Crippen LogP) is 4.76. The molecule has 3 aromatic rings. The van der Waals surface area contributed by atoms with Gasteiger partial charge in [-0.3, -0.25) is 9.59 Å². The number of halogens is 1. The molecule has 1 atom stereocenters. The Bertz CT molecular complexity index is 1060. The summed E-state index contributed by atoms with van der Waals surface area (Å²) >= 11 is 6.05. The third kappa shape index (κ3) is 5.98. The third-order valence-electron chi connectivity index (χ3n) is 4.95. The van der Waals surface area contributed by atoms with Crippen molar-refractivity contribution < 1.29 is 9.59 Å². The second-order valence-electron chi connectivity index (χ2n) is 8.76. The van der Waals surface area contributed by atoms with Crippen molar-refractivity contribution in [2.24, 2.45) is 0 Å². The van der Waals surface area contributed by atoms with Crippen LogP contribution in [0, 0.1) is 0 Å². The largest absolute Gasteiger partial charge is 0.328 e. The topological polar surface area (TPSA) is 67.2 Å². The highest BCUT2D eigenvalue weighted by Gasteiger charge is 2.24. The molecule has 0 aliphatic heterocycles. The smallest absolute Gasteiger partial charge is 0.245 e. The molecule has 3 rings (SSSR count). The lowest BCUT2D eigenvalue weighted by atomic mass is 9.92. The first-order valence-corrected chi connectivity index (χ1v) is 11.0. The predicted molar refractivity (Wildman–Crippen MR) is 128 cm³/mol. The highest BCUT2D eigenvalue weighted by atomic mass is 35.5. The zero-order chi connectivity index (χ0) is 23.3. The minimum atomic E-state index is -0.728. The molecule has 6 nitrogen and oxygen atoms in total. The molecule has 0 saturated carbocycles. The Morgan fingerprint density at radius 2 is 1.66 bits per heavy atom. The molecule has 0 aliphatic rings. The van der Waals surface area contributed by atoms with Crippen LogP contribution in [0.5, 0.6) is 0 Å². The summed E-state index contributed by atoms with van der Waals surface area (Å²) in [6, 6.07) is 21.0. The van der Waals surface area contributed by atoms with Crippen molar-refractivity contribution in [2.45, 2.75) is 45.0 Å². The fourth-order valence-corrected chi connectivity index (χ4v) is 3.36. The van der Waals surface area contributed by atoms with E-state index in [1.165, 1.54) is 4.90 Å². The van der Waals surface area contributed by atoms with Crippen molar-refractivity contribution in [1.29, 1.82) is 0 Å². The van der Waals surface area contributed by atoms with Crippen LogP contribution in [0.3, 0.4) is 0 Å². The van der Waals surface area contributed by atoms with Crippen molar-refractivity contribution in [3.63, 3.8) is 0 Å². The monoisotopic (exact) mass is 452 g/mol. The molecule has 2 aromatic carbocycles. The van der Waals surface area contributed by atoms with Crippen LogP contribution in [-0.4, -0.2) is 38.4 Å². The van der Waals surface area contributed by atoms with E-state index in [1.807, 2.05) is 66.7 Å². The lowest BCUT2D eigenvalue weighted by Gasteiger charge is -2.23. The van der Waals surface area contributed by atoms with E-state index in [2.05, 4.69) is 26.1 Å². The molecular formula is C25H29ClN4O2. The number of carbonyl (C=O) groups is 2. The first-order chi connectivity index (χ1) is 15.1. The van der Waals surface area contributed by atoms with Crippen molar-refractivity contribution in [3.05, 3.63) is 78.0 Å². The summed E-state index contributed by atoms with van der Waals surface area (Å²) in [5, 5.41) is 6.92. The third-order valence-corrected chi connectivity index (χ3v) is 5.14. The van der Waals surface area contributed by atoms with Crippen molar-refractivity contribution in [3.8, 4) is 5.69 Å². The SMILES string of the molecule is CC(Cl)C(=O)N(CC(=O)Nc1cc(C(C)(C)C)nn1-c1ccccc1)Cc1ccccc1. The van der Waals surface area contributed by atoms with E-state index in [0.717, 1.165) is 16.9 Å². The second-order valence-corrected chi connectivity index (χ2v) is 9.41. The number of aromatic nitrogens is 2. The first-order valence-electron chi connectivity index (χ1n) is 10.6. The summed E-state index contributed by atoms with van der Waals surface area (Å²) < 4.78 is 1.71. The van der Waals surface area contributed by atoms with Gasteiger partial charge < -0.3 is 10.2 Å². The number of rotatable bonds is 7. The second kappa shape index (κ2) is 10.0. The fourth-order valence-electron chi connectivity index (χ4n) is 3.23. The summed E-state index contributed by atoms with van der Waals surface area (Å²) in [5.41, 5.74) is 2.42. The lowest BCUT2D eigenvalue weighted by molar-refractivity contribution is -0.134. The lowest BCUT2D eigenvalue weighted by Crippen LogP contribution is -2.40. The van der Waals surface area contributed by atoms with Gasteiger partial charge in [0.25, 0.3) is 0 Å². The number of hydrogen-bond acceptors (Lipinski definition) is 3. The van der Waals surface area contributed by atoms with Crippen molar-refractivity contribution in [1.82, 2.24) is 14.7 Å². The van der Waals surface area contributed by atoms with Gasteiger partial charge in [-0.1, -0.05) is 69.3 Å². The van der Waals surface area contributed by atoms with Gasteiger partial charge in [0.1, 0.15) is 17.7 Å². The molecule has 1 aromatic heterocycles. The standard InChI is InChI=1S/C25H29ClN4O2/c1-18(26)24(32)29(16-19-11-7-5-8-12-19)17-23(31)27-22-15-21(25(2,3)4)28-30(22)20-13-9-6-10-14-20/h5-15,18H,16-17H2,1-4H3,(H,27,31). The van der Waals surface area contributed by atoms with Gasteiger partial charge in [-0.05, 0) is 24.6 Å². The Morgan fingerprint density at radius 3 is 2.22 bits per heavy atom. The molecule has 0 bridgehead atoms. The highest BCUT2D eigenvalue weighted by Crippen LogP contribution is 2.26. The molecule has 32 heavy (non-hydrogen) atoms. The molecule has 1 heterocycles. The molecule has 0 saturated heterocycles. The number of benzene rings is 2. The average Bonchev–Trinajstić information content (AvgIpc) is 3.18. The minimum Gasteiger partial charge on any atom is -0.328 e. The maximum absolute atomic E-state index is 13.0. The van der Waals surface area contributed by atoms with Crippen molar-refractivity contribution >= 4 is 29.2 Å².